The zero-order chi connectivity index (χ0) is 36.7. The van der Waals surface area contributed by atoms with E-state index in [1.165, 1.54) is 11.1 Å². The van der Waals surface area contributed by atoms with Crippen molar-refractivity contribution in [1.29, 1.82) is 0 Å². The van der Waals surface area contributed by atoms with E-state index in [0.29, 0.717) is 40.1 Å². The van der Waals surface area contributed by atoms with E-state index in [9.17, 15) is 10.2 Å². The van der Waals surface area contributed by atoms with Crippen molar-refractivity contribution in [3.63, 3.8) is 0 Å². The minimum Gasteiger partial charge on any atom is -0.550 e. The van der Waals surface area contributed by atoms with Gasteiger partial charge in [-0.25, -0.2) is 0 Å². The molecule has 0 atom stereocenters. The molecule has 0 amide bonds. The first kappa shape index (κ1) is 44.8. The molecule has 3 aromatic rings. The van der Waals surface area contributed by atoms with Gasteiger partial charge in [0.15, 0.2) is 0 Å². The first-order valence-corrected chi connectivity index (χ1v) is 16.2. The number of carboxylic acids is 2. The Kier molecular flexibility index (Phi) is 19.9. The van der Waals surface area contributed by atoms with E-state index < -0.39 is 11.9 Å². The minimum absolute atomic E-state index is 0. The summed E-state index contributed by atoms with van der Waals surface area (Å²) in [5, 5.41) is 39.8. The summed E-state index contributed by atoms with van der Waals surface area (Å²) in [6.45, 7) is 19.0. The van der Waals surface area contributed by atoms with Crippen LogP contribution in [0.25, 0.3) is 0 Å². The van der Waals surface area contributed by atoms with Gasteiger partial charge in [0.1, 0.15) is 17.2 Å². The molecule has 10 heteroatoms. The average Bonchev–Trinajstić information content (AvgIpc) is 2.96. The van der Waals surface area contributed by atoms with Crippen LogP contribution >= 0.6 is 0 Å². The second-order valence-corrected chi connectivity index (χ2v) is 13.1. The molecule has 0 aliphatic heterocycles. The molecule has 269 valence electrons. The number of carbonyl (C=O) groups is 2. The van der Waals surface area contributed by atoms with Crippen LogP contribution in [-0.4, -0.2) is 41.7 Å². The van der Waals surface area contributed by atoms with Crippen LogP contribution in [0.15, 0.2) is 52.4 Å². The molecule has 0 fully saturated rings. The number of carbonyl (C=O) groups excluding carboxylic acids is 2. The van der Waals surface area contributed by atoms with E-state index in [0.717, 1.165) is 37.8 Å². The molecule has 0 spiro atoms. The monoisotopic (exact) mass is 719 g/mol. The summed E-state index contributed by atoms with van der Waals surface area (Å²) >= 11 is 0. The fourth-order valence-corrected chi connectivity index (χ4v) is 4.87. The third kappa shape index (κ3) is 16.2. The molecule has 1 radical (unpaired) electrons. The van der Waals surface area contributed by atoms with Crippen molar-refractivity contribution in [3.8, 4) is 17.2 Å². The van der Waals surface area contributed by atoms with Gasteiger partial charge in [-0.15, -0.1) is 0 Å². The number of ether oxygens (including phenoxy) is 1. The molecule has 0 heterocycles. The van der Waals surface area contributed by atoms with E-state index in [1.807, 2.05) is 30.3 Å². The minimum atomic E-state index is -1.08. The van der Waals surface area contributed by atoms with Crippen LogP contribution in [0.4, 0.5) is 11.4 Å². The Morgan fingerprint density at radius 3 is 1.39 bits per heavy atom. The summed E-state index contributed by atoms with van der Waals surface area (Å²) in [6, 6.07) is 13.8. The van der Waals surface area contributed by atoms with E-state index in [1.54, 1.807) is 19.5 Å². The van der Waals surface area contributed by atoms with Gasteiger partial charge in [-0.3, -0.25) is 9.98 Å². The standard InChI is InChI=1S/C35H46N2O3.2C2H4O2.Co/c1-21(2)12-25-14-27(34(38)30(16-25)23(5)6)19-36-32-11-10-29(40-9)18-33(32)37-20-28-15-26(13-22(3)4)17-31(24(7)8)35(28)39;2*1-2(3)4;/h10-11,14-24,38-39H,12-13H2,1-9H3;2*1H3,(H,3,4);/q;;;+2/p-2. The number of benzene rings is 3. The fourth-order valence-electron chi connectivity index (χ4n) is 4.87. The summed E-state index contributed by atoms with van der Waals surface area (Å²) in [5.74, 6) is 0.395. The molecule has 2 N–H and O–H groups in total. The molecule has 9 nitrogen and oxygen atoms in total. The number of phenols is 2. The summed E-state index contributed by atoms with van der Waals surface area (Å²) in [5.41, 5.74) is 6.82. The maximum atomic E-state index is 11.0. The van der Waals surface area contributed by atoms with E-state index in [-0.39, 0.29) is 40.1 Å². The summed E-state index contributed by atoms with van der Waals surface area (Å²) in [6.07, 6.45) is 5.27. The number of carboxylic acid groups (broad SMARTS) is 2. The fraction of sp³-hybridized carbons (Fsp3) is 0.436. The number of nitrogens with zero attached hydrogens (tertiary/aromatic N) is 2. The van der Waals surface area contributed by atoms with Crippen molar-refractivity contribution in [1.82, 2.24) is 0 Å². The maximum absolute atomic E-state index is 11.0. The van der Waals surface area contributed by atoms with Gasteiger partial charge in [0.05, 0.1) is 18.5 Å². The van der Waals surface area contributed by atoms with Crippen molar-refractivity contribution >= 4 is 35.7 Å². The second-order valence-electron chi connectivity index (χ2n) is 13.1. The zero-order valence-electron chi connectivity index (χ0n) is 30.6. The molecule has 0 saturated carbocycles. The Labute approximate surface area is 302 Å². The van der Waals surface area contributed by atoms with Gasteiger partial charge < -0.3 is 34.8 Å². The van der Waals surface area contributed by atoms with Gasteiger partial charge in [-0.1, -0.05) is 67.5 Å². The van der Waals surface area contributed by atoms with Gasteiger partial charge in [0.25, 0.3) is 0 Å². The van der Waals surface area contributed by atoms with Crippen molar-refractivity contribution in [2.45, 2.75) is 93.9 Å². The van der Waals surface area contributed by atoms with Gasteiger partial charge >= 0.3 is 16.8 Å². The Hall–Kier alpha value is -4.15. The number of aliphatic imine (C=N–C) groups is 2. The maximum Gasteiger partial charge on any atom is 2.00 e. The molecule has 0 aliphatic rings. The first-order valence-electron chi connectivity index (χ1n) is 16.2. The zero-order valence-corrected chi connectivity index (χ0v) is 31.6. The number of rotatable bonds is 11. The van der Waals surface area contributed by atoms with Gasteiger partial charge in [-0.05, 0) is 96.9 Å². The smallest absolute Gasteiger partial charge is 0.550 e. The largest absolute Gasteiger partial charge is 2.00 e. The van der Waals surface area contributed by atoms with Crippen LogP contribution in [-0.2, 0) is 39.2 Å². The predicted octanol–water partition coefficient (Wildman–Crippen LogP) is 6.76. The number of hydrogen-bond donors (Lipinski definition) is 2. The van der Waals surface area contributed by atoms with Crippen LogP contribution in [0.1, 0.15) is 114 Å². The molecule has 0 aliphatic carbocycles. The van der Waals surface area contributed by atoms with Crippen LogP contribution in [0.2, 0.25) is 0 Å². The quantitative estimate of drug-likeness (QED) is 0.208. The topological polar surface area (TPSA) is 155 Å². The Bertz CT molecular complexity index is 1560. The summed E-state index contributed by atoms with van der Waals surface area (Å²) in [7, 11) is 1.62. The number of methoxy groups -OCH3 is 1. The number of aromatic hydroxyl groups is 2. The molecule has 0 aromatic heterocycles. The molecular formula is C39H52CoN2O7. The van der Waals surface area contributed by atoms with Gasteiger partial charge in [-0.2, -0.15) is 0 Å². The van der Waals surface area contributed by atoms with Crippen molar-refractivity contribution in [3.05, 3.63) is 75.8 Å². The van der Waals surface area contributed by atoms with Crippen molar-refractivity contribution in [2.75, 3.05) is 7.11 Å². The van der Waals surface area contributed by atoms with Gasteiger partial charge in [0, 0.05) is 41.6 Å². The third-order valence-electron chi connectivity index (χ3n) is 6.86. The summed E-state index contributed by atoms with van der Waals surface area (Å²) in [4.78, 5) is 27.3. The second kappa shape index (κ2) is 21.7. The predicted molar refractivity (Wildman–Crippen MR) is 190 cm³/mol. The number of phenolic OH excluding ortho intramolecular Hbond substituents is 2. The van der Waals surface area contributed by atoms with Gasteiger partial charge in [0.2, 0.25) is 0 Å². The third-order valence-corrected chi connectivity index (χ3v) is 6.86. The molecule has 49 heavy (non-hydrogen) atoms. The molecule has 3 aromatic carbocycles. The molecule has 0 saturated heterocycles. The van der Waals surface area contributed by atoms with E-state index in [4.69, 9.17) is 34.5 Å². The number of aliphatic carboxylic acids is 2. The van der Waals surface area contributed by atoms with Crippen molar-refractivity contribution < 1.29 is 51.5 Å². The Morgan fingerprint density at radius 1 is 0.694 bits per heavy atom. The van der Waals surface area contributed by atoms with Crippen LogP contribution in [0.3, 0.4) is 0 Å². The first-order chi connectivity index (χ1) is 22.4. The molecule has 3 rings (SSSR count). The molecule has 0 bridgehead atoms. The number of hydrogen-bond acceptors (Lipinski definition) is 9. The van der Waals surface area contributed by atoms with Crippen molar-refractivity contribution in [2.24, 2.45) is 21.8 Å². The summed E-state index contributed by atoms with van der Waals surface area (Å²) < 4.78 is 5.46. The van der Waals surface area contributed by atoms with Crippen LogP contribution < -0.4 is 14.9 Å². The Balaban J connectivity index is 0.00000230. The normalized spacial score (nSPS) is 11.0. The van der Waals surface area contributed by atoms with E-state index in [2.05, 4.69) is 67.5 Å². The van der Waals surface area contributed by atoms with Crippen LogP contribution in [0.5, 0.6) is 17.2 Å². The van der Waals surface area contributed by atoms with Crippen LogP contribution in [0, 0.1) is 11.8 Å². The van der Waals surface area contributed by atoms with E-state index >= 15 is 0 Å². The molecule has 0 unspecified atom stereocenters. The SMILES string of the molecule is CC(=O)[O-].CC(=O)[O-].COc1ccc(N=Cc2cc(CC(C)C)cc(C(C)C)c2O)c(N=Cc2cc(CC(C)C)cc(C(C)C)c2O)c1.[Co+2]. The average molecular weight is 720 g/mol. The Morgan fingerprint density at radius 2 is 1.06 bits per heavy atom. The molecular weight excluding hydrogens is 667 g/mol.